The quantitative estimate of drug-likeness (QED) is 0.576. The van der Waals surface area contributed by atoms with Crippen molar-refractivity contribution < 1.29 is 13.2 Å². The fourth-order valence-corrected chi connectivity index (χ4v) is 2.56. The predicted octanol–water partition coefficient (Wildman–Crippen LogP) is 4.27. The van der Waals surface area contributed by atoms with Gasteiger partial charge in [0, 0.05) is 23.5 Å². The Bertz CT molecular complexity index is 1040. The zero-order valence-electron chi connectivity index (χ0n) is 12.1. The molecule has 4 aromatic rings. The number of anilines is 2. The molecule has 5 nitrogen and oxygen atoms in total. The monoisotopic (exact) mass is 329 g/mol. The lowest BCUT2D eigenvalue weighted by Crippen LogP contribution is -2.08. The van der Waals surface area contributed by atoms with Crippen LogP contribution in [0.1, 0.15) is 5.69 Å². The van der Waals surface area contributed by atoms with Gasteiger partial charge in [-0.15, -0.1) is 0 Å². The molecule has 0 aliphatic heterocycles. The van der Waals surface area contributed by atoms with Gasteiger partial charge in [0.25, 0.3) is 0 Å². The van der Waals surface area contributed by atoms with Crippen molar-refractivity contribution in [2.45, 2.75) is 6.18 Å². The van der Waals surface area contributed by atoms with E-state index in [1.54, 1.807) is 24.4 Å². The first kappa shape index (κ1) is 14.4. The number of halogens is 3. The number of benzene rings is 1. The predicted molar refractivity (Wildman–Crippen MR) is 83.9 cm³/mol. The minimum absolute atomic E-state index is 0.0561. The van der Waals surface area contributed by atoms with Gasteiger partial charge in [-0.3, -0.25) is 15.1 Å². The molecule has 0 radical (unpaired) electrons. The third-order valence-corrected chi connectivity index (χ3v) is 3.62. The number of rotatable bonds is 2. The first-order valence-corrected chi connectivity index (χ1v) is 7.04. The SMILES string of the molecule is FC(F)(F)c1nccc2cc(Nc3n[nH]c4cccnc34)ccc12. The van der Waals surface area contributed by atoms with Crippen molar-refractivity contribution in [2.24, 2.45) is 0 Å². The normalized spacial score (nSPS) is 12.0. The van der Waals surface area contributed by atoms with Crippen LogP contribution in [0.3, 0.4) is 0 Å². The van der Waals surface area contributed by atoms with Crippen molar-refractivity contribution in [3.05, 3.63) is 54.5 Å². The van der Waals surface area contributed by atoms with Gasteiger partial charge in [0.05, 0.1) is 5.52 Å². The van der Waals surface area contributed by atoms with Crippen LogP contribution in [0.4, 0.5) is 24.7 Å². The highest BCUT2D eigenvalue weighted by atomic mass is 19.4. The summed E-state index contributed by atoms with van der Waals surface area (Å²) in [7, 11) is 0. The lowest BCUT2D eigenvalue weighted by molar-refractivity contribution is -0.139. The molecular formula is C16H10F3N5. The molecule has 0 amide bonds. The van der Waals surface area contributed by atoms with E-state index in [1.807, 2.05) is 6.07 Å². The number of hydrogen-bond acceptors (Lipinski definition) is 4. The highest BCUT2D eigenvalue weighted by Crippen LogP contribution is 2.34. The fraction of sp³-hybridized carbons (Fsp3) is 0.0625. The Labute approximate surface area is 133 Å². The maximum atomic E-state index is 13.0. The topological polar surface area (TPSA) is 66.5 Å². The van der Waals surface area contributed by atoms with Gasteiger partial charge < -0.3 is 5.32 Å². The molecule has 0 spiro atoms. The lowest BCUT2D eigenvalue weighted by Gasteiger charge is -2.10. The number of aromatic amines is 1. The van der Waals surface area contributed by atoms with Crippen LogP contribution in [0.5, 0.6) is 0 Å². The summed E-state index contributed by atoms with van der Waals surface area (Å²) in [6, 6.07) is 9.74. The van der Waals surface area contributed by atoms with E-state index in [2.05, 4.69) is 25.5 Å². The summed E-state index contributed by atoms with van der Waals surface area (Å²) in [5.74, 6) is 0.509. The number of hydrogen-bond donors (Lipinski definition) is 2. The summed E-state index contributed by atoms with van der Waals surface area (Å²) in [6.45, 7) is 0. The number of nitrogens with one attached hydrogen (secondary N) is 2. The van der Waals surface area contributed by atoms with E-state index < -0.39 is 11.9 Å². The third kappa shape index (κ3) is 2.41. The average molecular weight is 329 g/mol. The van der Waals surface area contributed by atoms with Crippen LogP contribution in [0.25, 0.3) is 21.8 Å². The Hall–Kier alpha value is -3.16. The first-order valence-electron chi connectivity index (χ1n) is 7.04. The van der Waals surface area contributed by atoms with Gasteiger partial charge in [-0.2, -0.15) is 18.3 Å². The maximum Gasteiger partial charge on any atom is 0.433 e. The molecule has 120 valence electrons. The van der Waals surface area contributed by atoms with Crippen LogP contribution in [0.15, 0.2) is 48.8 Å². The van der Waals surface area contributed by atoms with Gasteiger partial charge in [0.15, 0.2) is 11.5 Å². The summed E-state index contributed by atoms with van der Waals surface area (Å²) in [5, 5.41) is 10.5. The second-order valence-corrected chi connectivity index (χ2v) is 5.19. The Kier molecular flexibility index (Phi) is 3.12. The van der Waals surface area contributed by atoms with E-state index in [1.165, 1.54) is 12.1 Å². The zero-order valence-corrected chi connectivity index (χ0v) is 12.1. The third-order valence-electron chi connectivity index (χ3n) is 3.62. The molecule has 0 fully saturated rings. The minimum atomic E-state index is -4.49. The number of nitrogens with zero attached hydrogens (tertiary/aromatic N) is 3. The smallest absolute Gasteiger partial charge is 0.337 e. The van der Waals surface area contributed by atoms with Crippen molar-refractivity contribution in [1.82, 2.24) is 20.2 Å². The van der Waals surface area contributed by atoms with Crippen molar-refractivity contribution in [3.63, 3.8) is 0 Å². The molecule has 3 heterocycles. The standard InChI is InChI=1S/C16H10F3N5/c17-16(18,19)14-11-4-3-10(8-9(11)5-7-21-14)22-15-13-12(23-24-15)2-1-6-20-13/h1-8H,(H2,22,23,24). The van der Waals surface area contributed by atoms with Crippen molar-refractivity contribution >= 4 is 33.3 Å². The molecule has 0 aliphatic rings. The second-order valence-electron chi connectivity index (χ2n) is 5.19. The summed E-state index contributed by atoms with van der Waals surface area (Å²) >= 11 is 0. The molecule has 3 aromatic heterocycles. The highest BCUT2D eigenvalue weighted by molar-refractivity contribution is 5.91. The van der Waals surface area contributed by atoms with Crippen molar-refractivity contribution in [3.8, 4) is 0 Å². The molecule has 0 aliphatic carbocycles. The fourth-order valence-electron chi connectivity index (χ4n) is 2.56. The van der Waals surface area contributed by atoms with Gasteiger partial charge in [-0.25, -0.2) is 0 Å². The van der Waals surface area contributed by atoms with E-state index in [0.717, 1.165) is 11.7 Å². The second kappa shape index (κ2) is 5.19. The molecule has 0 saturated heterocycles. The molecule has 0 bridgehead atoms. The Morgan fingerprint density at radius 2 is 1.88 bits per heavy atom. The van der Waals surface area contributed by atoms with Gasteiger partial charge in [0.2, 0.25) is 0 Å². The number of fused-ring (bicyclic) bond motifs is 2. The van der Waals surface area contributed by atoms with Crippen molar-refractivity contribution in [2.75, 3.05) is 5.32 Å². The van der Waals surface area contributed by atoms with Crippen LogP contribution >= 0.6 is 0 Å². The van der Waals surface area contributed by atoms with Crippen molar-refractivity contribution in [1.29, 1.82) is 0 Å². The van der Waals surface area contributed by atoms with E-state index in [-0.39, 0.29) is 5.39 Å². The van der Waals surface area contributed by atoms with Crippen LogP contribution in [0.2, 0.25) is 0 Å². The number of alkyl halides is 3. The highest BCUT2D eigenvalue weighted by Gasteiger charge is 2.34. The summed E-state index contributed by atoms with van der Waals surface area (Å²) in [4.78, 5) is 7.68. The van der Waals surface area contributed by atoms with Crippen LogP contribution in [0, 0.1) is 0 Å². The van der Waals surface area contributed by atoms with Crippen LogP contribution < -0.4 is 5.32 Å². The van der Waals surface area contributed by atoms with Gasteiger partial charge in [-0.05, 0) is 35.7 Å². The Morgan fingerprint density at radius 1 is 1.00 bits per heavy atom. The molecule has 8 heteroatoms. The van der Waals surface area contributed by atoms with E-state index in [0.29, 0.717) is 22.4 Å². The van der Waals surface area contributed by atoms with E-state index >= 15 is 0 Å². The van der Waals surface area contributed by atoms with Gasteiger partial charge in [0.1, 0.15) is 5.52 Å². The lowest BCUT2D eigenvalue weighted by atomic mass is 10.1. The Balaban J connectivity index is 1.76. The molecule has 24 heavy (non-hydrogen) atoms. The molecule has 2 N–H and O–H groups in total. The molecule has 0 unspecified atom stereocenters. The molecular weight excluding hydrogens is 319 g/mol. The molecule has 1 aromatic carbocycles. The number of pyridine rings is 2. The van der Waals surface area contributed by atoms with Crippen LogP contribution in [-0.2, 0) is 6.18 Å². The first-order chi connectivity index (χ1) is 11.5. The summed E-state index contributed by atoms with van der Waals surface area (Å²) in [6.07, 6.45) is -1.69. The summed E-state index contributed by atoms with van der Waals surface area (Å²) < 4.78 is 39.0. The number of aromatic nitrogens is 4. The minimum Gasteiger partial charge on any atom is -0.337 e. The molecule has 0 saturated carbocycles. The molecule has 4 rings (SSSR count). The average Bonchev–Trinajstić information content (AvgIpc) is 2.96. The van der Waals surface area contributed by atoms with Gasteiger partial charge in [-0.1, -0.05) is 6.07 Å². The zero-order chi connectivity index (χ0) is 16.7. The maximum absolute atomic E-state index is 13.0. The number of H-pyrrole nitrogens is 1. The van der Waals surface area contributed by atoms with Gasteiger partial charge >= 0.3 is 6.18 Å². The van der Waals surface area contributed by atoms with E-state index in [4.69, 9.17) is 0 Å². The largest absolute Gasteiger partial charge is 0.433 e. The van der Waals surface area contributed by atoms with E-state index in [9.17, 15) is 13.2 Å². The summed E-state index contributed by atoms with van der Waals surface area (Å²) in [5.41, 5.74) is 1.15. The van der Waals surface area contributed by atoms with Crippen LogP contribution in [-0.4, -0.2) is 20.2 Å². The molecule has 0 atom stereocenters. The Morgan fingerprint density at radius 3 is 2.71 bits per heavy atom.